The van der Waals surface area contributed by atoms with E-state index in [0.29, 0.717) is 13.0 Å². The van der Waals surface area contributed by atoms with Crippen LogP contribution in [0.25, 0.3) is 0 Å². The Labute approximate surface area is 106 Å². The average Bonchev–Trinajstić information content (AvgIpc) is 2.40. The van der Waals surface area contributed by atoms with Crippen LogP contribution in [0.2, 0.25) is 0 Å². The van der Waals surface area contributed by atoms with Gasteiger partial charge in [-0.2, -0.15) is 0 Å². The highest BCUT2D eigenvalue weighted by atomic mass is 16.3. The van der Waals surface area contributed by atoms with Crippen molar-refractivity contribution in [2.75, 3.05) is 0 Å². The Kier molecular flexibility index (Phi) is 3.89. The van der Waals surface area contributed by atoms with Gasteiger partial charge in [0.25, 0.3) is 0 Å². The number of rotatable bonds is 4. The van der Waals surface area contributed by atoms with Crippen molar-refractivity contribution < 1.29 is 5.11 Å². The average molecular weight is 244 g/mol. The van der Waals surface area contributed by atoms with E-state index in [9.17, 15) is 9.90 Å². The van der Waals surface area contributed by atoms with Gasteiger partial charge >= 0.3 is 5.69 Å². The van der Waals surface area contributed by atoms with Crippen LogP contribution in [0.3, 0.4) is 0 Å². The lowest BCUT2D eigenvalue weighted by atomic mass is 10.1. The summed E-state index contributed by atoms with van der Waals surface area (Å²) >= 11 is 0. The first-order valence-electron chi connectivity index (χ1n) is 5.93. The maximum Gasteiger partial charge on any atom is 0.347 e. The van der Waals surface area contributed by atoms with Crippen molar-refractivity contribution in [2.45, 2.75) is 26.0 Å². The number of aryl methyl sites for hydroxylation is 2. The fourth-order valence-corrected chi connectivity index (χ4v) is 1.83. The summed E-state index contributed by atoms with van der Waals surface area (Å²) in [5.41, 5.74) is 1.52. The van der Waals surface area contributed by atoms with Crippen LogP contribution >= 0.6 is 0 Å². The predicted octanol–water partition coefficient (Wildman–Crippen LogP) is 1.68. The normalized spacial score (nSPS) is 12.3. The second-order valence-corrected chi connectivity index (χ2v) is 4.32. The van der Waals surface area contributed by atoms with Gasteiger partial charge in [-0.3, -0.25) is 4.57 Å². The first-order chi connectivity index (χ1) is 8.66. The molecule has 0 aliphatic carbocycles. The van der Waals surface area contributed by atoms with E-state index in [1.54, 1.807) is 12.4 Å². The predicted molar refractivity (Wildman–Crippen MR) is 69.3 cm³/mol. The minimum atomic E-state index is -0.557. The molecule has 0 radical (unpaired) electrons. The summed E-state index contributed by atoms with van der Waals surface area (Å²) < 4.78 is 1.53. The van der Waals surface area contributed by atoms with Crippen LogP contribution in [0.1, 0.15) is 23.7 Å². The number of aliphatic hydroxyl groups is 1. The fourth-order valence-electron chi connectivity index (χ4n) is 1.83. The van der Waals surface area contributed by atoms with Gasteiger partial charge in [0.2, 0.25) is 0 Å². The largest absolute Gasteiger partial charge is 0.388 e. The molecule has 1 aromatic heterocycles. The van der Waals surface area contributed by atoms with E-state index in [-0.39, 0.29) is 5.69 Å². The standard InChI is InChI=1S/C14H16N2O2/c1-11-9-15-14(18)16(10-11)8-7-13(17)12-5-3-2-4-6-12/h2-6,9-10,13,17H,7-8H2,1H3. The number of aliphatic hydroxyl groups excluding tert-OH is 1. The van der Waals surface area contributed by atoms with Gasteiger partial charge < -0.3 is 5.11 Å². The minimum absolute atomic E-state index is 0.277. The van der Waals surface area contributed by atoms with E-state index in [4.69, 9.17) is 0 Å². The third-order valence-corrected chi connectivity index (χ3v) is 2.81. The lowest BCUT2D eigenvalue weighted by Crippen LogP contribution is -2.23. The molecule has 0 aliphatic rings. The highest BCUT2D eigenvalue weighted by molar-refractivity contribution is 5.17. The summed E-state index contributed by atoms with van der Waals surface area (Å²) in [4.78, 5) is 15.2. The van der Waals surface area contributed by atoms with Crippen LogP contribution in [-0.4, -0.2) is 14.7 Å². The van der Waals surface area contributed by atoms with E-state index >= 15 is 0 Å². The highest BCUT2D eigenvalue weighted by Gasteiger charge is 2.07. The van der Waals surface area contributed by atoms with Crippen LogP contribution < -0.4 is 5.69 Å². The summed E-state index contributed by atoms with van der Waals surface area (Å²) in [6.07, 6.45) is 3.24. The van der Waals surface area contributed by atoms with Crippen molar-refractivity contribution in [2.24, 2.45) is 0 Å². The molecule has 1 N–H and O–H groups in total. The molecule has 0 saturated carbocycles. The SMILES string of the molecule is Cc1cnc(=O)n(CCC(O)c2ccccc2)c1. The van der Waals surface area contributed by atoms with Crippen LogP contribution in [0.15, 0.2) is 47.5 Å². The van der Waals surface area contributed by atoms with E-state index in [0.717, 1.165) is 11.1 Å². The zero-order valence-corrected chi connectivity index (χ0v) is 10.3. The van der Waals surface area contributed by atoms with Crippen molar-refractivity contribution in [3.8, 4) is 0 Å². The molecule has 0 amide bonds. The third-order valence-electron chi connectivity index (χ3n) is 2.81. The maximum absolute atomic E-state index is 11.5. The Morgan fingerprint density at radius 3 is 2.78 bits per heavy atom. The van der Waals surface area contributed by atoms with Gasteiger partial charge in [0.15, 0.2) is 0 Å². The molecule has 0 fully saturated rings. The smallest absolute Gasteiger partial charge is 0.347 e. The van der Waals surface area contributed by atoms with Crippen LogP contribution in [0, 0.1) is 6.92 Å². The Hall–Kier alpha value is -1.94. The van der Waals surface area contributed by atoms with Crippen molar-refractivity contribution in [3.05, 3.63) is 64.3 Å². The van der Waals surface area contributed by atoms with Crippen LogP contribution in [-0.2, 0) is 6.54 Å². The van der Waals surface area contributed by atoms with E-state index in [2.05, 4.69) is 4.98 Å². The Morgan fingerprint density at radius 1 is 1.33 bits per heavy atom. The Balaban J connectivity index is 2.04. The first kappa shape index (κ1) is 12.5. The molecular formula is C14H16N2O2. The molecule has 1 unspecified atom stereocenters. The van der Waals surface area contributed by atoms with Crippen LogP contribution in [0.4, 0.5) is 0 Å². The fraction of sp³-hybridized carbons (Fsp3) is 0.286. The topological polar surface area (TPSA) is 55.1 Å². The van der Waals surface area contributed by atoms with Crippen molar-refractivity contribution in [1.29, 1.82) is 0 Å². The zero-order valence-electron chi connectivity index (χ0n) is 10.3. The third kappa shape index (κ3) is 3.05. The lowest BCUT2D eigenvalue weighted by molar-refractivity contribution is 0.160. The molecule has 1 aromatic carbocycles. The summed E-state index contributed by atoms with van der Waals surface area (Å²) in [6.45, 7) is 2.35. The van der Waals surface area contributed by atoms with Gasteiger partial charge in [-0.1, -0.05) is 30.3 Å². The lowest BCUT2D eigenvalue weighted by Gasteiger charge is -2.12. The monoisotopic (exact) mass is 244 g/mol. The first-order valence-corrected chi connectivity index (χ1v) is 5.93. The summed E-state index contributed by atoms with van der Waals surface area (Å²) in [7, 11) is 0. The van der Waals surface area contributed by atoms with E-state index < -0.39 is 6.10 Å². The van der Waals surface area contributed by atoms with Crippen molar-refractivity contribution in [1.82, 2.24) is 9.55 Å². The number of nitrogens with zero attached hydrogens (tertiary/aromatic N) is 2. The molecule has 1 heterocycles. The molecule has 18 heavy (non-hydrogen) atoms. The number of benzene rings is 1. The molecular weight excluding hydrogens is 228 g/mol. The van der Waals surface area contributed by atoms with Crippen molar-refractivity contribution >= 4 is 0 Å². The van der Waals surface area contributed by atoms with E-state index in [1.807, 2.05) is 37.3 Å². The number of aromatic nitrogens is 2. The Morgan fingerprint density at radius 2 is 2.06 bits per heavy atom. The van der Waals surface area contributed by atoms with Gasteiger partial charge in [0.1, 0.15) is 0 Å². The molecule has 0 saturated heterocycles. The molecule has 4 nitrogen and oxygen atoms in total. The maximum atomic E-state index is 11.5. The number of hydrogen-bond donors (Lipinski definition) is 1. The van der Waals surface area contributed by atoms with Gasteiger partial charge in [-0.05, 0) is 24.5 Å². The summed E-state index contributed by atoms with van der Waals surface area (Å²) in [5.74, 6) is 0. The molecule has 0 bridgehead atoms. The summed E-state index contributed by atoms with van der Waals surface area (Å²) in [5, 5.41) is 10.0. The second kappa shape index (κ2) is 5.60. The molecule has 0 aliphatic heterocycles. The molecule has 94 valence electrons. The van der Waals surface area contributed by atoms with Gasteiger partial charge in [-0.15, -0.1) is 0 Å². The number of hydrogen-bond acceptors (Lipinski definition) is 3. The van der Waals surface area contributed by atoms with E-state index in [1.165, 1.54) is 4.57 Å². The van der Waals surface area contributed by atoms with Gasteiger partial charge in [0.05, 0.1) is 6.10 Å². The quantitative estimate of drug-likeness (QED) is 0.890. The summed E-state index contributed by atoms with van der Waals surface area (Å²) in [6, 6.07) is 9.44. The molecule has 2 rings (SSSR count). The molecule has 0 spiro atoms. The zero-order chi connectivity index (χ0) is 13.0. The Bertz CT molecular complexity index is 564. The van der Waals surface area contributed by atoms with Crippen LogP contribution in [0.5, 0.6) is 0 Å². The van der Waals surface area contributed by atoms with Gasteiger partial charge in [0, 0.05) is 18.9 Å². The van der Waals surface area contributed by atoms with Crippen molar-refractivity contribution in [3.63, 3.8) is 0 Å². The molecule has 4 heteroatoms. The highest BCUT2D eigenvalue weighted by Crippen LogP contribution is 2.16. The molecule has 2 aromatic rings. The minimum Gasteiger partial charge on any atom is -0.388 e. The second-order valence-electron chi connectivity index (χ2n) is 4.32. The molecule has 1 atom stereocenters. The van der Waals surface area contributed by atoms with Gasteiger partial charge in [-0.25, -0.2) is 9.78 Å².